The summed E-state index contributed by atoms with van der Waals surface area (Å²) in [5.74, 6) is 1.62. The summed E-state index contributed by atoms with van der Waals surface area (Å²) < 4.78 is 5.16. The van der Waals surface area contributed by atoms with E-state index in [1.54, 1.807) is 6.26 Å². The lowest BCUT2D eigenvalue weighted by atomic mass is 9.81. The van der Waals surface area contributed by atoms with Gasteiger partial charge in [-0.2, -0.15) is 0 Å². The van der Waals surface area contributed by atoms with Crippen molar-refractivity contribution in [2.75, 3.05) is 0 Å². The van der Waals surface area contributed by atoms with Gasteiger partial charge in [0.05, 0.1) is 6.26 Å². The van der Waals surface area contributed by atoms with E-state index in [0.29, 0.717) is 17.3 Å². The summed E-state index contributed by atoms with van der Waals surface area (Å²) in [6.07, 6.45) is 3.95. The molecule has 0 N–H and O–H groups in total. The molecule has 1 fully saturated rings. The second kappa shape index (κ2) is 3.24. The van der Waals surface area contributed by atoms with E-state index < -0.39 is 0 Å². The molecule has 2 heteroatoms. The molecule has 0 aromatic heterocycles. The second-order valence-corrected chi connectivity index (χ2v) is 6.43. The molecule has 1 saturated carbocycles. The number of carbonyl (C=O) groups is 1. The maximum absolute atomic E-state index is 12.0. The van der Waals surface area contributed by atoms with Crippen LogP contribution in [0.2, 0.25) is 0 Å². The van der Waals surface area contributed by atoms with Gasteiger partial charge in [0.15, 0.2) is 0 Å². The van der Waals surface area contributed by atoms with Crippen LogP contribution in [0.15, 0.2) is 23.0 Å². The van der Waals surface area contributed by atoms with Gasteiger partial charge in [-0.1, -0.05) is 19.4 Å². The van der Waals surface area contributed by atoms with Crippen molar-refractivity contribution in [2.45, 2.75) is 40.5 Å². The molecule has 0 radical (unpaired) electrons. The zero-order chi connectivity index (χ0) is 12.4. The summed E-state index contributed by atoms with van der Waals surface area (Å²) in [6, 6.07) is 0. The first-order chi connectivity index (χ1) is 7.94. The molecule has 92 valence electrons. The van der Waals surface area contributed by atoms with Crippen LogP contribution in [-0.4, -0.2) is 5.97 Å². The van der Waals surface area contributed by atoms with Gasteiger partial charge < -0.3 is 4.74 Å². The minimum absolute atomic E-state index is 0.110. The Bertz CT molecular complexity index is 454. The minimum Gasteiger partial charge on any atom is -0.431 e. The Hall–Kier alpha value is -1.05. The summed E-state index contributed by atoms with van der Waals surface area (Å²) in [4.78, 5) is 12.0. The highest BCUT2D eigenvalue weighted by molar-refractivity contribution is 5.92. The van der Waals surface area contributed by atoms with Crippen LogP contribution in [0, 0.1) is 23.2 Å². The molecule has 2 aliphatic carbocycles. The van der Waals surface area contributed by atoms with E-state index in [1.807, 2.05) is 0 Å². The first-order valence-electron chi connectivity index (χ1n) is 6.52. The largest absolute Gasteiger partial charge is 0.431 e. The van der Waals surface area contributed by atoms with Gasteiger partial charge in [-0.25, -0.2) is 4.79 Å². The molecule has 0 unspecified atom stereocenters. The van der Waals surface area contributed by atoms with Gasteiger partial charge in [-0.05, 0) is 49.5 Å². The molecule has 3 aliphatic rings. The predicted octanol–water partition coefficient (Wildman–Crippen LogP) is 3.45. The summed E-state index contributed by atoms with van der Waals surface area (Å²) in [6.45, 7) is 8.88. The van der Waals surface area contributed by atoms with Gasteiger partial charge in [0, 0.05) is 11.5 Å². The highest BCUT2D eigenvalue weighted by Gasteiger charge is 2.63. The fourth-order valence-electron chi connectivity index (χ4n) is 4.05. The molecule has 0 spiro atoms. The fraction of sp³-hybridized carbons (Fsp3) is 0.667. The quantitative estimate of drug-likeness (QED) is 0.598. The number of hydrogen-bond donors (Lipinski definition) is 0. The Morgan fingerprint density at radius 2 is 2.06 bits per heavy atom. The van der Waals surface area contributed by atoms with E-state index in [-0.39, 0.29) is 5.97 Å². The van der Waals surface area contributed by atoms with Crippen molar-refractivity contribution in [3.8, 4) is 0 Å². The van der Waals surface area contributed by atoms with Crippen molar-refractivity contribution >= 4 is 5.97 Å². The third kappa shape index (κ3) is 1.36. The van der Waals surface area contributed by atoms with Crippen molar-refractivity contribution in [1.82, 2.24) is 0 Å². The molecule has 0 saturated heterocycles. The smallest absolute Gasteiger partial charge is 0.339 e. The fourth-order valence-corrected chi connectivity index (χ4v) is 4.05. The second-order valence-electron chi connectivity index (χ2n) is 6.43. The SMILES string of the molecule is CC1=COC(=O)C2=C(C)CC[C@H]3[C@@H]([C@@H]12)C3(C)C. The van der Waals surface area contributed by atoms with Crippen LogP contribution in [-0.2, 0) is 9.53 Å². The van der Waals surface area contributed by atoms with Crippen LogP contribution < -0.4 is 0 Å². The van der Waals surface area contributed by atoms with E-state index in [0.717, 1.165) is 17.9 Å². The maximum atomic E-state index is 12.0. The van der Waals surface area contributed by atoms with Crippen molar-refractivity contribution in [2.24, 2.45) is 23.2 Å². The first kappa shape index (κ1) is 11.1. The molecule has 17 heavy (non-hydrogen) atoms. The van der Waals surface area contributed by atoms with E-state index in [9.17, 15) is 4.79 Å². The third-order valence-corrected chi connectivity index (χ3v) is 5.16. The number of hydrogen-bond acceptors (Lipinski definition) is 2. The molecule has 2 nitrogen and oxygen atoms in total. The molecule has 0 aromatic rings. The lowest BCUT2D eigenvalue weighted by Gasteiger charge is -2.26. The van der Waals surface area contributed by atoms with Crippen LogP contribution in [0.25, 0.3) is 0 Å². The first-order valence-corrected chi connectivity index (χ1v) is 6.52. The Morgan fingerprint density at radius 1 is 1.35 bits per heavy atom. The Balaban J connectivity index is 2.11. The van der Waals surface area contributed by atoms with Gasteiger partial charge in [0.1, 0.15) is 0 Å². The molecular formula is C15H20O2. The minimum atomic E-state index is -0.110. The van der Waals surface area contributed by atoms with Crippen LogP contribution >= 0.6 is 0 Å². The monoisotopic (exact) mass is 232 g/mol. The average molecular weight is 232 g/mol. The van der Waals surface area contributed by atoms with Crippen LogP contribution in [0.4, 0.5) is 0 Å². The number of esters is 1. The molecule has 0 amide bonds. The van der Waals surface area contributed by atoms with Crippen molar-refractivity contribution in [1.29, 1.82) is 0 Å². The molecule has 1 heterocycles. The van der Waals surface area contributed by atoms with E-state index in [4.69, 9.17) is 4.74 Å². The molecule has 3 atom stereocenters. The van der Waals surface area contributed by atoms with Gasteiger partial charge >= 0.3 is 5.97 Å². The van der Waals surface area contributed by atoms with Gasteiger partial charge in [0.25, 0.3) is 0 Å². The summed E-state index contributed by atoms with van der Waals surface area (Å²) in [5.41, 5.74) is 3.82. The number of cyclic esters (lactones) is 1. The summed E-state index contributed by atoms with van der Waals surface area (Å²) in [5, 5.41) is 0. The number of rotatable bonds is 0. The molecule has 3 rings (SSSR count). The summed E-state index contributed by atoms with van der Waals surface area (Å²) >= 11 is 0. The number of allylic oxidation sites excluding steroid dienone is 2. The standard InChI is InChI=1S/C15H20O2/c1-8-5-6-10-13(15(10,3)4)11-9(2)7-17-14(16)12(8)11/h7,10-11,13H,5-6H2,1-4H3/t10-,11-,13-/m0/s1. The number of ether oxygens (including phenoxy) is 1. The zero-order valence-corrected chi connectivity index (χ0v) is 11.0. The Kier molecular flexibility index (Phi) is 2.11. The maximum Gasteiger partial charge on any atom is 0.339 e. The highest BCUT2D eigenvalue weighted by Crippen LogP contribution is 2.68. The van der Waals surface area contributed by atoms with Crippen molar-refractivity contribution < 1.29 is 9.53 Å². The van der Waals surface area contributed by atoms with Crippen molar-refractivity contribution in [3.05, 3.63) is 23.0 Å². The average Bonchev–Trinajstić information content (AvgIpc) is 2.84. The third-order valence-electron chi connectivity index (χ3n) is 5.16. The van der Waals surface area contributed by atoms with Gasteiger partial charge in [-0.15, -0.1) is 0 Å². The zero-order valence-electron chi connectivity index (χ0n) is 11.0. The normalized spacial score (nSPS) is 38.7. The van der Waals surface area contributed by atoms with Crippen LogP contribution in [0.3, 0.4) is 0 Å². The van der Waals surface area contributed by atoms with Crippen LogP contribution in [0.1, 0.15) is 40.5 Å². The van der Waals surface area contributed by atoms with E-state index >= 15 is 0 Å². The van der Waals surface area contributed by atoms with Gasteiger partial charge in [-0.3, -0.25) is 0 Å². The van der Waals surface area contributed by atoms with E-state index in [2.05, 4.69) is 27.7 Å². The van der Waals surface area contributed by atoms with Crippen molar-refractivity contribution in [3.63, 3.8) is 0 Å². The lowest BCUT2D eigenvalue weighted by Crippen LogP contribution is -2.24. The highest BCUT2D eigenvalue weighted by atomic mass is 16.5. The molecular weight excluding hydrogens is 212 g/mol. The van der Waals surface area contributed by atoms with Crippen LogP contribution in [0.5, 0.6) is 0 Å². The number of carbonyl (C=O) groups excluding carboxylic acids is 1. The molecule has 0 bridgehead atoms. The Labute approximate surface area is 103 Å². The Morgan fingerprint density at radius 3 is 2.76 bits per heavy atom. The topological polar surface area (TPSA) is 26.3 Å². The predicted molar refractivity (Wildman–Crippen MR) is 66.0 cm³/mol. The lowest BCUT2D eigenvalue weighted by molar-refractivity contribution is -0.135. The van der Waals surface area contributed by atoms with Gasteiger partial charge in [0.2, 0.25) is 0 Å². The number of fused-ring (bicyclic) bond motifs is 3. The molecule has 1 aliphatic heterocycles. The molecule has 0 aromatic carbocycles. The van der Waals surface area contributed by atoms with E-state index in [1.165, 1.54) is 17.6 Å². The summed E-state index contributed by atoms with van der Waals surface area (Å²) in [7, 11) is 0.